The van der Waals surface area contributed by atoms with Crippen molar-refractivity contribution in [1.82, 2.24) is 0 Å². The van der Waals surface area contributed by atoms with E-state index in [0.717, 1.165) is 28.2 Å². The van der Waals surface area contributed by atoms with Crippen LogP contribution in [0.1, 0.15) is 42.7 Å². The number of carboxylic acids is 1. The van der Waals surface area contributed by atoms with Crippen LogP contribution >= 0.6 is 23.1 Å². The Morgan fingerprint density at radius 2 is 1.49 bits per heavy atom. The molecule has 0 radical (unpaired) electrons. The quantitative estimate of drug-likeness (QED) is 0.153. The lowest BCUT2D eigenvalue weighted by Crippen LogP contribution is -2.23. The molecule has 0 amide bonds. The zero-order valence-corrected chi connectivity index (χ0v) is 25.4. The van der Waals surface area contributed by atoms with Gasteiger partial charge in [-0.05, 0) is 101 Å². The van der Waals surface area contributed by atoms with E-state index in [1.807, 2.05) is 23.9 Å². The molecule has 0 bridgehead atoms. The molecule has 2 aliphatic rings. The van der Waals surface area contributed by atoms with Gasteiger partial charge in [-0.1, -0.05) is 68.1 Å². The van der Waals surface area contributed by atoms with E-state index in [1.165, 1.54) is 66.5 Å². The molecule has 0 fully saturated rings. The summed E-state index contributed by atoms with van der Waals surface area (Å²) in [7, 11) is 0. The van der Waals surface area contributed by atoms with Crippen molar-refractivity contribution in [2.24, 2.45) is 0 Å². The predicted molar refractivity (Wildman–Crippen MR) is 177 cm³/mol. The van der Waals surface area contributed by atoms with E-state index in [2.05, 4.69) is 104 Å². The third-order valence-corrected chi connectivity index (χ3v) is 11.0. The van der Waals surface area contributed by atoms with Crippen molar-refractivity contribution in [2.45, 2.75) is 41.9 Å². The Morgan fingerprint density at radius 1 is 0.860 bits per heavy atom. The Morgan fingerprint density at radius 3 is 2.12 bits per heavy atom. The molecular weight excluding hydrogens is 569 g/mol. The molecule has 1 aliphatic heterocycles. The number of fused-ring (bicyclic) bond motifs is 5. The van der Waals surface area contributed by atoms with Crippen LogP contribution in [0.3, 0.4) is 0 Å². The molecule has 1 aromatic heterocycles. The molecule has 0 spiro atoms. The van der Waals surface area contributed by atoms with Crippen LogP contribution < -0.4 is 4.90 Å². The van der Waals surface area contributed by atoms with E-state index in [-0.39, 0.29) is 11.0 Å². The van der Waals surface area contributed by atoms with Crippen LogP contribution in [0, 0.1) is 11.3 Å². The van der Waals surface area contributed by atoms with E-state index in [0.29, 0.717) is 0 Å². The van der Waals surface area contributed by atoms with Crippen molar-refractivity contribution < 1.29 is 9.90 Å². The Balaban J connectivity index is 1.33. The van der Waals surface area contributed by atoms with Gasteiger partial charge in [0.25, 0.3) is 0 Å². The lowest BCUT2D eigenvalue weighted by Gasteiger charge is -2.34. The van der Waals surface area contributed by atoms with Crippen LogP contribution in [0.2, 0.25) is 0 Å². The first-order valence-corrected chi connectivity index (χ1v) is 16.0. The number of aliphatic carboxylic acids is 1. The number of anilines is 3. The second-order valence-electron chi connectivity index (χ2n) is 10.8. The molecule has 210 valence electrons. The number of hydrogen-bond acceptors (Lipinski definition) is 5. The van der Waals surface area contributed by atoms with Gasteiger partial charge in [0.1, 0.15) is 11.6 Å². The summed E-state index contributed by atoms with van der Waals surface area (Å²) in [5.41, 5.74) is 9.55. The maximum atomic E-state index is 11.3. The second-order valence-corrected chi connectivity index (χ2v) is 13.0. The van der Waals surface area contributed by atoms with Crippen LogP contribution in [-0.4, -0.2) is 11.1 Å². The minimum Gasteiger partial charge on any atom is -0.477 e. The average Bonchev–Trinajstić information content (AvgIpc) is 3.62. The highest BCUT2D eigenvalue weighted by Gasteiger charge is 2.41. The molecule has 0 atom stereocenters. The first-order valence-electron chi connectivity index (χ1n) is 14.4. The van der Waals surface area contributed by atoms with Crippen molar-refractivity contribution >= 4 is 52.2 Å². The highest BCUT2D eigenvalue weighted by molar-refractivity contribution is 7.99. The summed E-state index contributed by atoms with van der Waals surface area (Å²) >= 11 is 3.32. The molecule has 4 aromatic carbocycles. The average molecular weight is 597 g/mol. The van der Waals surface area contributed by atoms with Gasteiger partial charge < -0.3 is 10.0 Å². The molecule has 7 rings (SSSR count). The number of carboxylic acid groups (broad SMARTS) is 1. The number of para-hydroxylation sites is 2. The van der Waals surface area contributed by atoms with Crippen molar-refractivity contribution in [3.63, 3.8) is 0 Å². The van der Waals surface area contributed by atoms with E-state index < -0.39 is 5.97 Å². The van der Waals surface area contributed by atoms with Gasteiger partial charge in [0.15, 0.2) is 0 Å². The minimum absolute atomic E-state index is 0.127. The molecule has 0 unspecified atom stereocenters. The first-order chi connectivity index (χ1) is 21.0. The first kappa shape index (κ1) is 27.3. The summed E-state index contributed by atoms with van der Waals surface area (Å²) in [6.07, 6.45) is 3.39. The van der Waals surface area contributed by atoms with Gasteiger partial charge in [-0.2, -0.15) is 5.26 Å². The number of rotatable bonds is 6. The number of carbonyl (C=O) groups is 1. The molecule has 0 saturated carbocycles. The predicted octanol–water partition coefficient (Wildman–Crippen LogP) is 10.4. The zero-order chi connectivity index (χ0) is 29.7. The van der Waals surface area contributed by atoms with Gasteiger partial charge in [-0.25, -0.2) is 4.79 Å². The number of thiophene rings is 1. The maximum Gasteiger partial charge on any atom is 0.346 e. The molecule has 4 nitrogen and oxygen atoms in total. The largest absolute Gasteiger partial charge is 0.477 e. The van der Waals surface area contributed by atoms with Gasteiger partial charge in [0, 0.05) is 30.6 Å². The normalized spacial score (nSPS) is 14.3. The number of hydrogen-bond donors (Lipinski definition) is 1. The molecule has 1 N–H and O–H groups in total. The van der Waals surface area contributed by atoms with Gasteiger partial charge in [-0.15, -0.1) is 11.3 Å². The second kappa shape index (κ2) is 10.6. The minimum atomic E-state index is -1.21. The summed E-state index contributed by atoms with van der Waals surface area (Å²) in [6, 6.07) is 36.6. The number of nitriles is 1. The van der Waals surface area contributed by atoms with Gasteiger partial charge >= 0.3 is 5.97 Å². The molecule has 1 aliphatic carbocycles. The van der Waals surface area contributed by atoms with Crippen LogP contribution in [0.25, 0.3) is 27.6 Å². The Labute approximate surface area is 259 Å². The topological polar surface area (TPSA) is 64.3 Å². The zero-order valence-electron chi connectivity index (χ0n) is 23.8. The third kappa shape index (κ3) is 4.31. The van der Waals surface area contributed by atoms with Crippen molar-refractivity contribution in [2.75, 3.05) is 4.90 Å². The summed E-state index contributed by atoms with van der Waals surface area (Å²) in [6.45, 7) is 4.57. The fourth-order valence-corrected chi connectivity index (χ4v) is 8.65. The van der Waals surface area contributed by atoms with Crippen LogP contribution in [0.4, 0.5) is 17.1 Å². The van der Waals surface area contributed by atoms with Crippen molar-refractivity contribution in [3.05, 3.63) is 119 Å². The van der Waals surface area contributed by atoms with Gasteiger partial charge in [-0.3, -0.25) is 0 Å². The molecule has 43 heavy (non-hydrogen) atoms. The standard InChI is InChI=1S/C37H28N2O2S2/c1-3-37(4-2)29-20-23(33-18-15-26(42-33)19-24(22-38)36(40)41)13-16-27(29)28-17-14-25(21-30(28)37)39-31-9-5-7-11-34(31)43-35-12-8-6-10-32(35)39/h5-21H,3-4H2,1-2H3,(H,40,41)/b24-19-. The smallest absolute Gasteiger partial charge is 0.346 e. The highest BCUT2D eigenvalue weighted by atomic mass is 32.2. The summed E-state index contributed by atoms with van der Waals surface area (Å²) < 4.78 is 0. The van der Waals surface area contributed by atoms with Crippen LogP contribution in [0.5, 0.6) is 0 Å². The summed E-state index contributed by atoms with van der Waals surface area (Å²) in [4.78, 5) is 18.0. The fraction of sp³-hybridized carbons (Fsp3) is 0.135. The SMILES string of the molecule is CCC1(CC)c2cc(-c3ccc(/C=C(/C#N)C(=O)O)s3)ccc2-c2ccc(N3c4ccccc4Sc4ccccc43)cc21. The third-order valence-electron chi connectivity index (χ3n) is 8.79. The summed E-state index contributed by atoms with van der Waals surface area (Å²) in [5, 5.41) is 18.5. The molecule has 6 heteroatoms. The van der Waals surface area contributed by atoms with Crippen molar-refractivity contribution in [1.29, 1.82) is 5.26 Å². The molecular formula is C37H28N2O2S2. The Hall–Kier alpha value is -4.57. The van der Waals surface area contributed by atoms with E-state index in [9.17, 15) is 15.2 Å². The lowest BCUT2D eigenvalue weighted by atomic mass is 9.73. The van der Waals surface area contributed by atoms with E-state index in [4.69, 9.17) is 0 Å². The van der Waals surface area contributed by atoms with Gasteiger partial charge in [0.2, 0.25) is 0 Å². The molecule has 0 saturated heterocycles. The van der Waals surface area contributed by atoms with E-state index in [1.54, 1.807) is 6.07 Å². The van der Waals surface area contributed by atoms with Crippen LogP contribution in [0.15, 0.2) is 112 Å². The maximum absolute atomic E-state index is 11.3. The number of benzene rings is 4. The van der Waals surface area contributed by atoms with Crippen molar-refractivity contribution in [3.8, 4) is 27.6 Å². The monoisotopic (exact) mass is 596 g/mol. The van der Waals surface area contributed by atoms with Crippen LogP contribution in [-0.2, 0) is 10.2 Å². The molecule has 2 heterocycles. The number of nitrogens with zero attached hydrogens (tertiary/aromatic N) is 2. The Bertz CT molecular complexity index is 1950. The Kier molecular flexibility index (Phi) is 6.73. The summed E-state index contributed by atoms with van der Waals surface area (Å²) in [5.74, 6) is -1.21. The van der Waals surface area contributed by atoms with E-state index >= 15 is 0 Å². The molecule has 5 aromatic rings. The fourth-order valence-electron chi connectivity index (χ4n) is 6.64. The lowest BCUT2D eigenvalue weighted by molar-refractivity contribution is -0.132. The highest BCUT2D eigenvalue weighted by Crippen LogP contribution is 2.57. The van der Waals surface area contributed by atoms with Gasteiger partial charge in [0.05, 0.1) is 11.4 Å².